The number of benzodiazepines with no additional fused rings is 1. The molecule has 1 aromatic carbocycles. The van der Waals surface area contributed by atoms with Crippen molar-refractivity contribution in [2.24, 2.45) is 4.99 Å². The predicted octanol–water partition coefficient (Wildman–Crippen LogP) is 3.33. The van der Waals surface area contributed by atoms with Gasteiger partial charge in [0, 0.05) is 34.2 Å². The minimum Gasteiger partial charge on any atom is -0.348 e. The molecule has 1 aliphatic heterocycles. The Labute approximate surface area is 121 Å². The van der Waals surface area contributed by atoms with Gasteiger partial charge in [0.05, 0.1) is 12.3 Å². The largest absolute Gasteiger partial charge is 0.348 e. The van der Waals surface area contributed by atoms with Crippen LogP contribution in [0, 0.1) is 0 Å². The number of aliphatic imine (C=N–C) groups is 1. The molecule has 2 heterocycles. The summed E-state index contributed by atoms with van der Waals surface area (Å²) in [5.74, 6) is 0. The van der Waals surface area contributed by atoms with Crippen LogP contribution in [0.2, 0.25) is 5.02 Å². The summed E-state index contributed by atoms with van der Waals surface area (Å²) in [5.41, 5.74) is 3.78. The highest BCUT2D eigenvalue weighted by Gasteiger charge is 2.16. The molecule has 0 fully saturated rings. The van der Waals surface area contributed by atoms with Crippen molar-refractivity contribution in [3.05, 3.63) is 58.9 Å². The zero-order valence-corrected chi connectivity index (χ0v) is 11.5. The average Bonchev–Trinajstić information content (AvgIpc) is 2.58. The summed E-state index contributed by atoms with van der Waals surface area (Å²) in [7, 11) is 0. The third-order valence-electron chi connectivity index (χ3n) is 2.85. The molecule has 0 spiro atoms. The first-order valence-corrected chi connectivity index (χ1v) is 6.57. The van der Waals surface area contributed by atoms with Crippen molar-refractivity contribution in [1.29, 1.82) is 0 Å². The highest BCUT2D eigenvalue weighted by Crippen LogP contribution is 2.25. The quantitative estimate of drug-likeness (QED) is 0.818. The molecular formula is C14H10ClN3S. The van der Waals surface area contributed by atoms with Crippen LogP contribution in [0.15, 0.2) is 47.7 Å². The van der Waals surface area contributed by atoms with E-state index in [-0.39, 0.29) is 0 Å². The highest BCUT2D eigenvalue weighted by molar-refractivity contribution is 7.80. The van der Waals surface area contributed by atoms with Crippen molar-refractivity contribution in [2.45, 2.75) is 0 Å². The molecule has 2 aromatic rings. The van der Waals surface area contributed by atoms with Gasteiger partial charge in [-0.2, -0.15) is 0 Å². The number of thiocarbonyl (C=S) groups is 1. The summed E-state index contributed by atoms with van der Waals surface area (Å²) in [6.45, 7) is 0.472. The van der Waals surface area contributed by atoms with Crippen molar-refractivity contribution in [3.63, 3.8) is 0 Å². The van der Waals surface area contributed by atoms with Crippen LogP contribution in [0.3, 0.4) is 0 Å². The molecule has 0 radical (unpaired) electrons. The van der Waals surface area contributed by atoms with Gasteiger partial charge in [0.25, 0.3) is 0 Å². The second kappa shape index (κ2) is 5.07. The van der Waals surface area contributed by atoms with Gasteiger partial charge < -0.3 is 5.32 Å². The maximum atomic E-state index is 6.09. The van der Waals surface area contributed by atoms with Crippen LogP contribution in [0.5, 0.6) is 0 Å². The first kappa shape index (κ1) is 12.3. The fourth-order valence-corrected chi connectivity index (χ4v) is 2.35. The lowest BCUT2D eigenvalue weighted by molar-refractivity contribution is 1.29. The Morgan fingerprint density at radius 2 is 1.95 bits per heavy atom. The van der Waals surface area contributed by atoms with E-state index >= 15 is 0 Å². The Morgan fingerprint density at radius 1 is 1.16 bits per heavy atom. The highest BCUT2D eigenvalue weighted by atomic mass is 35.5. The van der Waals surface area contributed by atoms with Gasteiger partial charge >= 0.3 is 0 Å². The molecule has 5 heteroatoms. The van der Waals surface area contributed by atoms with Gasteiger partial charge in [-0.3, -0.25) is 9.98 Å². The molecule has 3 nitrogen and oxygen atoms in total. The van der Waals surface area contributed by atoms with Gasteiger partial charge in [0.15, 0.2) is 0 Å². The molecule has 0 aliphatic carbocycles. The van der Waals surface area contributed by atoms with Crippen molar-refractivity contribution < 1.29 is 0 Å². The van der Waals surface area contributed by atoms with Gasteiger partial charge in [-0.1, -0.05) is 23.8 Å². The van der Waals surface area contributed by atoms with Crippen LogP contribution in [-0.2, 0) is 0 Å². The number of hydrogen-bond acceptors (Lipinski definition) is 3. The summed E-state index contributed by atoms with van der Waals surface area (Å²) >= 11 is 11.3. The standard InChI is InChI=1S/C14H10ClN3S/c15-10-1-2-12-11(7-10)14(17-8-13(19)18-12)9-3-5-16-6-4-9/h1-7H,8H2,(H,18,19). The topological polar surface area (TPSA) is 37.3 Å². The summed E-state index contributed by atoms with van der Waals surface area (Å²) in [6.07, 6.45) is 3.50. The third-order valence-corrected chi connectivity index (χ3v) is 3.31. The molecular weight excluding hydrogens is 278 g/mol. The Morgan fingerprint density at radius 3 is 2.74 bits per heavy atom. The third kappa shape index (κ3) is 2.50. The number of aromatic nitrogens is 1. The first-order valence-electron chi connectivity index (χ1n) is 5.78. The van der Waals surface area contributed by atoms with Gasteiger partial charge in [-0.25, -0.2) is 0 Å². The monoisotopic (exact) mass is 287 g/mol. The van der Waals surface area contributed by atoms with Crippen LogP contribution in [0.4, 0.5) is 5.69 Å². The van der Waals surface area contributed by atoms with E-state index in [1.807, 2.05) is 30.3 Å². The fourth-order valence-electron chi connectivity index (χ4n) is 2.00. The number of nitrogens with zero attached hydrogens (tertiary/aromatic N) is 2. The number of anilines is 1. The van der Waals surface area contributed by atoms with Gasteiger partial charge in [-0.05, 0) is 30.3 Å². The number of fused-ring (bicyclic) bond motifs is 1. The summed E-state index contributed by atoms with van der Waals surface area (Å²) in [5, 5.41) is 3.87. The molecule has 0 saturated heterocycles. The lowest BCUT2D eigenvalue weighted by Crippen LogP contribution is -2.10. The summed E-state index contributed by atoms with van der Waals surface area (Å²) in [6, 6.07) is 9.52. The zero-order chi connectivity index (χ0) is 13.2. The fraction of sp³-hybridized carbons (Fsp3) is 0.0714. The molecule has 94 valence electrons. The molecule has 0 amide bonds. The number of benzene rings is 1. The normalized spacial score (nSPS) is 14.2. The van der Waals surface area contributed by atoms with Crippen molar-refractivity contribution in [2.75, 3.05) is 11.9 Å². The number of rotatable bonds is 1. The van der Waals surface area contributed by atoms with Gasteiger partial charge in [-0.15, -0.1) is 0 Å². The van der Waals surface area contributed by atoms with Gasteiger partial charge in [0.1, 0.15) is 4.99 Å². The van der Waals surface area contributed by atoms with Crippen LogP contribution >= 0.6 is 23.8 Å². The van der Waals surface area contributed by atoms with Crippen LogP contribution in [-0.4, -0.2) is 22.2 Å². The molecule has 0 unspecified atom stereocenters. The van der Waals surface area contributed by atoms with E-state index in [1.54, 1.807) is 12.4 Å². The Hall–Kier alpha value is -1.78. The van der Waals surface area contributed by atoms with E-state index in [0.29, 0.717) is 16.6 Å². The number of hydrogen-bond donors (Lipinski definition) is 1. The number of nitrogens with one attached hydrogen (secondary N) is 1. The SMILES string of the molecule is S=C1CN=C(c2ccncc2)c2cc(Cl)ccc2N1. The maximum Gasteiger partial charge on any atom is 0.102 e. The van der Waals surface area contributed by atoms with Crippen molar-refractivity contribution in [3.8, 4) is 0 Å². The number of pyridine rings is 1. The van der Waals surface area contributed by atoms with E-state index in [4.69, 9.17) is 23.8 Å². The Bertz CT molecular complexity index is 668. The molecule has 0 bridgehead atoms. The van der Waals surface area contributed by atoms with Crippen LogP contribution < -0.4 is 5.32 Å². The van der Waals surface area contributed by atoms with E-state index < -0.39 is 0 Å². The van der Waals surface area contributed by atoms with E-state index in [2.05, 4.69) is 15.3 Å². The molecule has 3 rings (SSSR count). The minimum atomic E-state index is 0.472. The Kier molecular flexibility index (Phi) is 3.27. The van der Waals surface area contributed by atoms with Crippen molar-refractivity contribution in [1.82, 2.24) is 4.98 Å². The first-order chi connectivity index (χ1) is 9.24. The zero-order valence-electron chi connectivity index (χ0n) is 9.93. The predicted molar refractivity (Wildman–Crippen MR) is 82.4 cm³/mol. The van der Waals surface area contributed by atoms with E-state index in [0.717, 1.165) is 22.5 Å². The molecule has 0 saturated carbocycles. The Balaban J connectivity index is 2.20. The second-order valence-corrected chi connectivity index (χ2v) is 5.07. The lowest BCUT2D eigenvalue weighted by atomic mass is 10.0. The molecule has 1 aliphatic rings. The molecule has 0 atom stereocenters. The van der Waals surface area contributed by atoms with Crippen LogP contribution in [0.25, 0.3) is 0 Å². The smallest absolute Gasteiger partial charge is 0.102 e. The molecule has 19 heavy (non-hydrogen) atoms. The molecule has 1 N–H and O–H groups in total. The van der Waals surface area contributed by atoms with E-state index in [1.165, 1.54) is 0 Å². The van der Waals surface area contributed by atoms with Crippen molar-refractivity contribution >= 4 is 40.2 Å². The van der Waals surface area contributed by atoms with Crippen LogP contribution in [0.1, 0.15) is 11.1 Å². The lowest BCUT2D eigenvalue weighted by Gasteiger charge is -2.10. The second-order valence-electron chi connectivity index (χ2n) is 4.14. The average molecular weight is 288 g/mol. The summed E-state index contributed by atoms with van der Waals surface area (Å²) in [4.78, 5) is 9.31. The molecule has 1 aromatic heterocycles. The minimum absolute atomic E-state index is 0.472. The van der Waals surface area contributed by atoms with E-state index in [9.17, 15) is 0 Å². The summed E-state index contributed by atoms with van der Waals surface area (Å²) < 4.78 is 0. The van der Waals surface area contributed by atoms with Gasteiger partial charge in [0.2, 0.25) is 0 Å². The maximum absolute atomic E-state index is 6.09. The number of halogens is 1.